The van der Waals surface area contributed by atoms with Gasteiger partial charge >= 0.3 is 0 Å². The third-order valence-corrected chi connectivity index (χ3v) is 2.34. The van der Waals surface area contributed by atoms with E-state index in [1.807, 2.05) is 30.9 Å². The van der Waals surface area contributed by atoms with E-state index < -0.39 is 0 Å². The van der Waals surface area contributed by atoms with Crippen LogP contribution >= 0.6 is 0 Å². The molecule has 1 rings (SSSR count). The fraction of sp³-hybridized carbons (Fsp3) is 0.364. The van der Waals surface area contributed by atoms with Crippen LogP contribution < -0.4 is 10.6 Å². The summed E-state index contributed by atoms with van der Waals surface area (Å²) in [6.45, 7) is 5.43. The van der Waals surface area contributed by atoms with Crippen LogP contribution in [0, 0.1) is 22.7 Å². The Morgan fingerprint density at radius 3 is 2.25 bits per heavy atom. The zero-order chi connectivity index (χ0) is 12.1. The molecule has 0 aliphatic heterocycles. The number of aromatic nitrogens is 1. The van der Waals surface area contributed by atoms with Gasteiger partial charge in [0.2, 0.25) is 0 Å². The summed E-state index contributed by atoms with van der Waals surface area (Å²) in [5, 5.41) is 17.8. The third kappa shape index (κ3) is 2.04. The number of nitrogens with two attached hydrogens (primary N) is 1. The molecule has 0 spiro atoms. The minimum atomic E-state index is 0.170. The zero-order valence-electron chi connectivity index (χ0n) is 9.36. The molecule has 5 nitrogen and oxygen atoms in total. The van der Waals surface area contributed by atoms with Crippen molar-refractivity contribution < 1.29 is 0 Å². The molecule has 0 saturated carbocycles. The molecule has 0 atom stereocenters. The summed E-state index contributed by atoms with van der Waals surface area (Å²) in [6, 6.07) is 5.43. The van der Waals surface area contributed by atoms with E-state index >= 15 is 0 Å². The van der Waals surface area contributed by atoms with E-state index in [-0.39, 0.29) is 11.4 Å². The van der Waals surface area contributed by atoms with Gasteiger partial charge < -0.3 is 10.6 Å². The molecular formula is C11H13N5. The molecule has 1 aromatic rings. The molecule has 0 saturated heterocycles. The minimum Gasteiger partial charge on any atom is -0.383 e. The highest BCUT2D eigenvalue weighted by molar-refractivity contribution is 5.63. The number of anilines is 2. The molecule has 1 aromatic heterocycles. The number of nitriles is 2. The first-order valence-corrected chi connectivity index (χ1v) is 5.03. The number of rotatable bonds is 3. The van der Waals surface area contributed by atoms with E-state index in [4.69, 9.17) is 16.3 Å². The van der Waals surface area contributed by atoms with Crippen molar-refractivity contribution in [2.75, 3.05) is 23.7 Å². The van der Waals surface area contributed by atoms with Crippen molar-refractivity contribution in [1.82, 2.24) is 4.98 Å². The van der Waals surface area contributed by atoms with Gasteiger partial charge in [-0.25, -0.2) is 4.98 Å². The fourth-order valence-corrected chi connectivity index (χ4v) is 1.45. The van der Waals surface area contributed by atoms with Crippen LogP contribution in [0.25, 0.3) is 0 Å². The first-order chi connectivity index (χ1) is 7.67. The number of nitrogen functional groups attached to an aromatic ring is 1. The third-order valence-electron chi connectivity index (χ3n) is 2.34. The summed E-state index contributed by atoms with van der Waals surface area (Å²) in [6.07, 6.45) is 0. The molecular weight excluding hydrogens is 202 g/mol. The van der Waals surface area contributed by atoms with Crippen LogP contribution in [-0.2, 0) is 0 Å². The average molecular weight is 215 g/mol. The Hall–Kier alpha value is -2.27. The Bertz CT molecular complexity index is 462. The molecule has 5 heteroatoms. The first kappa shape index (κ1) is 11.8. The van der Waals surface area contributed by atoms with Crippen molar-refractivity contribution in [3.63, 3.8) is 0 Å². The zero-order valence-corrected chi connectivity index (χ0v) is 9.36. The van der Waals surface area contributed by atoms with E-state index in [2.05, 4.69) is 4.98 Å². The molecule has 1 heterocycles. The largest absolute Gasteiger partial charge is 0.383 e. The summed E-state index contributed by atoms with van der Waals surface area (Å²) in [7, 11) is 0. The van der Waals surface area contributed by atoms with Crippen molar-refractivity contribution in [2.45, 2.75) is 13.8 Å². The summed E-state index contributed by atoms with van der Waals surface area (Å²) in [5.74, 6) is 0.715. The van der Waals surface area contributed by atoms with Crippen LogP contribution in [0.2, 0.25) is 0 Å². The summed E-state index contributed by atoms with van der Waals surface area (Å²) < 4.78 is 0. The fourth-order valence-electron chi connectivity index (χ4n) is 1.45. The molecule has 2 N–H and O–H groups in total. The number of nitrogens with zero attached hydrogens (tertiary/aromatic N) is 4. The van der Waals surface area contributed by atoms with E-state index in [0.717, 1.165) is 13.1 Å². The number of hydrogen-bond donors (Lipinski definition) is 1. The van der Waals surface area contributed by atoms with Gasteiger partial charge in [0.15, 0.2) is 0 Å². The predicted molar refractivity (Wildman–Crippen MR) is 61.6 cm³/mol. The topological polar surface area (TPSA) is 89.7 Å². The highest BCUT2D eigenvalue weighted by Crippen LogP contribution is 2.21. The van der Waals surface area contributed by atoms with Crippen LogP contribution in [0.5, 0.6) is 0 Å². The SMILES string of the molecule is CCN(CC)c1nc(N)c(C#N)cc1C#N. The van der Waals surface area contributed by atoms with Crippen molar-refractivity contribution in [3.05, 3.63) is 17.2 Å². The monoisotopic (exact) mass is 215 g/mol. The van der Waals surface area contributed by atoms with Gasteiger partial charge in [-0.3, -0.25) is 0 Å². The van der Waals surface area contributed by atoms with Gasteiger partial charge in [0.05, 0.1) is 11.1 Å². The van der Waals surface area contributed by atoms with E-state index in [1.165, 1.54) is 6.07 Å². The number of hydrogen-bond acceptors (Lipinski definition) is 5. The Balaban J connectivity index is 3.36. The van der Waals surface area contributed by atoms with Gasteiger partial charge in [0.25, 0.3) is 0 Å². The Morgan fingerprint density at radius 2 is 1.81 bits per heavy atom. The molecule has 0 unspecified atom stereocenters. The lowest BCUT2D eigenvalue weighted by atomic mass is 10.2. The summed E-state index contributed by atoms with van der Waals surface area (Å²) in [5.41, 5.74) is 6.26. The van der Waals surface area contributed by atoms with E-state index in [0.29, 0.717) is 11.4 Å². The lowest BCUT2D eigenvalue weighted by Gasteiger charge is -2.21. The smallest absolute Gasteiger partial charge is 0.149 e. The molecule has 0 bridgehead atoms. The lowest BCUT2D eigenvalue weighted by Crippen LogP contribution is -2.24. The molecule has 0 radical (unpaired) electrons. The maximum Gasteiger partial charge on any atom is 0.149 e. The van der Waals surface area contributed by atoms with Crippen LogP contribution in [-0.4, -0.2) is 18.1 Å². The number of pyridine rings is 1. The van der Waals surface area contributed by atoms with Gasteiger partial charge in [-0.15, -0.1) is 0 Å². The highest BCUT2D eigenvalue weighted by Gasteiger charge is 2.13. The first-order valence-electron chi connectivity index (χ1n) is 5.03. The average Bonchev–Trinajstić information content (AvgIpc) is 2.31. The van der Waals surface area contributed by atoms with E-state index in [9.17, 15) is 0 Å². The highest BCUT2D eigenvalue weighted by atomic mass is 15.2. The predicted octanol–water partition coefficient (Wildman–Crippen LogP) is 1.25. The van der Waals surface area contributed by atoms with Gasteiger partial charge in [-0.2, -0.15) is 10.5 Å². The lowest BCUT2D eigenvalue weighted by molar-refractivity contribution is 0.845. The molecule has 16 heavy (non-hydrogen) atoms. The minimum absolute atomic E-state index is 0.170. The maximum absolute atomic E-state index is 9.00. The van der Waals surface area contributed by atoms with Gasteiger partial charge in [-0.05, 0) is 19.9 Å². The van der Waals surface area contributed by atoms with Crippen molar-refractivity contribution in [1.29, 1.82) is 10.5 Å². The summed E-state index contributed by atoms with van der Waals surface area (Å²) >= 11 is 0. The summed E-state index contributed by atoms with van der Waals surface area (Å²) in [4.78, 5) is 6.04. The van der Waals surface area contributed by atoms with Crippen LogP contribution in [0.4, 0.5) is 11.6 Å². The standard InChI is InChI=1S/C11H13N5/c1-3-16(4-2)11-9(7-13)5-8(6-12)10(14)15-11/h5H,3-4H2,1-2H3,(H2,14,15). The van der Waals surface area contributed by atoms with Gasteiger partial charge in [-0.1, -0.05) is 0 Å². The molecule has 0 fully saturated rings. The van der Waals surface area contributed by atoms with E-state index in [1.54, 1.807) is 0 Å². The van der Waals surface area contributed by atoms with Crippen LogP contribution in [0.15, 0.2) is 6.07 Å². The molecule has 0 aromatic carbocycles. The Kier molecular flexibility index (Phi) is 3.68. The van der Waals surface area contributed by atoms with Gasteiger partial charge in [0, 0.05) is 13.1 Å². The molecule has 82 valence electrons. The molecule has 0 aliphatic carbocycles. The second-order valence-electron chi connectivity index (χ2n) is 3.19. The quantitative estimate of drug-likeness (QED) is 0.819. The normalized spacial score (nSPS) is 9.25. The van der Waals surface area contributed by atoms with Gasteiger partial charge in [0.1, 0.15) is 23.8 Å². The molecule has 0 amide bonds. The van der Waals surface area contributed by atoms with Crippen LogP contribution in [0.1, 0.15) is 25.0 Å². The Labute approximate surface area is 94.7 Å². The van der Waals surface area contributed by atoms with Crippen LogP contribution in [0.3, 0.4) is 0 Å². The Morgan fingerprint density at radius 1 is 1.25 bits per heavy atom. The molecule has 0 aliphatic rings. The van der Waals surface area contributed by atoms with Crippen molar-refractivity contribution >= 4 is 11.6 Å². The second-order valence-corrected chi connectivity index (χ2v) is 3.19. The van der Waals surface area contributed by atoms with Crippen molar-refractivity contribution in [3.8, 4) is 12.1 Å². The second kappa shape index (κ2) is 4.99. The van der Waals surface area contributed by atoms with Crippen molar-refractivity contribution in [2.24, 2.45) is 0 Å². The maximum atomic E-state index is 9.00.